The molecular formula is C42H68N6O6S. The number of benzene rings is 1. The molecule has 0 aliphatic carbocycles. The minimum absolute atomic E-state index is 0.00751. The van der Waals surface area contributed by atoms with E-state index in [2.05, 4.69) is 29.5 Å². The molecule has 1 aliphatic rings. The first kappa shape index (κ1) is 46.0. The number of methoxy groups -OCH3 is 2. The molecule has 0 bridgehead atoms. The number of thiazole rings is 1. The quantitative estimate of drug-likeness (QED) is 0.177. The summed E-state index contributed by atoms with van der Waals surface area (Å²) < 4.78 is 12.1. The molecule has 13 heteroatoms. The number of nitrogens with one attached hydrogen (secondary N) is 2. The van der Waals surface area contributed by atoms with Gasteiger partial charge in [-0.3, -0.25) is 24.1 Å². The van der Waals surface area contributed by atoms with Gasteiger partial charge in [0.2, 0.25) is 23.6 Å². The molecule has 12 nitrogen and oxygen atoms in total. The van der Waals surface area contributed by atoms with Crippen LogP contribution in [-0.2, 0) is 35.1 Å². The summed E-state index contributed by atoms with van der Waals surface area (Å²) >= 11 is 1.51. The number of likely N-dealkylation sites (N-methyl/N-ethyl adjacent to an activating group) is 2. The third-order valence-electron chi connectivity index (χ3n) is 11.3. The number of carbonyl (C=O) groups is 4. The number of carbonyl (C=O) groups excluding carboxylic acids is 4. The highest BCUT2D eigenvalue weighted by Crippen LogP contribution is 2.30. The van der Waals surface area contributed by atoms with Crippen LogP contribution in [0.1, 0.15) is 90.8 Å². The molecule has 55 heavy (non-hydrogen) atoms. The Morgan fingerprint density at radius 2 is 1.62 bits per heavy atom. The van der Waals surface area contributed by atoms with E-state index in [-0.39, 0.29) is 65.9 Å². The summed E-state index contributed by atoms with van der Waals surface area (Å²) in [6.45, 7) is 14.3. The van der Waals surface area contributed by atoms with Crippen molar-refractivity contribution in [3.05, 3.63) is 52.5 Å². The predicted octanol–water partition coefficient (Wildman–Crippen LogP) is 5.19. The average Bonchev–Trinajstić information content (AvgIpc) is 3.87. The monoisotopic (exact) mass is 784 g/mol. The summed E-state index contributed by atoms with van der Waals surface area (Å²) in [7, 11) is 8.66. The number of likely N-dealkylation sites (tertiary alicyclic amines) is 1. The molecule has 0 spiro atoms. The number of nitrogens with zero attached hydrogens (tertiary/aromatic N) is 4. The van der Waals surface area contributed by atoms with Gasteiger partial charge in [-0.2, -0.15) is 0 Å². The van der Waals surface area contributed by atoms with Gasteiger partial charge in [0.05, 0.1) is 48.7 Å². The van der Waals surface area contributed by atoms with Gasteiger partial charge in [0.1, 0.15) is 11.0 Å². The number of amides is 4. The lowest BCUT2D eigenvalue weighted by Gasteiger charge is -2.41. The van der Waals surface area contributed by atoms with Gasteiger partial charge in [-0.25, -0.2) is 4.98 Å². The van der Waals surface area contributed by atoms with Gasteiger partial charge >= 0.3 is 0 Å². The number of ether oxygens (including phenoxy) is 2. The standard InChI is InChI=1S/C42H68N6O6S/c1-13-28(6)37(47(10)42(52)35(26(2)3)45-40(51)36(27(4)5)46(8)9)33(53-11)25-34(49)48-22-17-20-32(48)38(54-12)29(7)39(50)44-31(41-43-21-23-55-41)24-30-18-15-14-16-19-30/h14-16,18-19,21,23,26-29,31-33,35-38H,13,17,20,22,24-25H2,1-12H3,(H,44,50)(H,45,51)/t28-,29-,31-,32-,33-,35-,36-,37+,38+/m0/s1. The Bertz CT molecular complexity index is 1480. The minimum atomic E-state index is -0.751. The van der Waals surface area contributed by atoms with Crippen LogP contribution in [0.3, 0.4) is 0 Å². The molecule has 1 aliphatic heterocycles. The average molecular weight is 785 g/mol. The fourth-order valence-corrected chi connectivity index (χ4v) is 8.86. The second-order valence-electron chi connectivity index (χ2n) is 16.1. The van der Waals surface area contributed by atoms with Crippen LogP contribution in [-0.4, -0.2) is 122 Å². The molecular weight excluding hydrogens is 717 g/mol. The van der Waals surface area contributed by atoms with E-state index in [9.17, 15) is 19.2 Å². The maximum Gasteiger partial charge on any atom is 0.245 e. The van der Waals surface area contributed by atoms with Crippen molar-refractivity contribution in [3.8, 4) is 0 Å². The maximum atomic E-state index is 14.3. The number of aromatic nitrogens is 1. The van der Waals surface area contributed by atoms with Gasteiger partial charge in [-0.1, -0.05) is 85.2 Å². The zero-order chi connectivity index (χ0) is 41.0. The fourth-order valence-electron chi connectivity index (χ4n) is 8.17. The first-order valence-corrected chi connectivity index (χ1v) is 20.8. The molecule has 0 radical (unpaired) electrons. The Labute approximate surface area is 334 Å². The van der Waals surface area contributed by atoms with Gasteiger partial charge in [-0.05, 0) is 56.7 Å². The Kier molecular flexibility index (Phi) is 18.2. The van der Waals surface area contributed by atoms with Gasteiger partial charge in [0.15, 0.2) is 0 Å². The summed E-state index contributed by atoms with van der Waals surface area (Å²) in [6, 6.07) is 7.83. The summed E-state index contributed by atoms with van der Waals surface area (Å²) in [5.41, 5.74) is 1.09. The second kappa shape index (κ2) is 21.8. The molecule has 9 atom stereocenters. The Balaban J connectivity index is 1.79. The summed E-state index contributed by atoms with van der Waals surface area (Å²) in [5.74, 6) is -1.35. The topological polar surface area (TPSA) is 133 Å². The first-order chi connectivity index (χ1) is 26.1. The van der Waals surface area contributed by atoms with Crippen LogP contribution in [0.15, 0.2) is 41.9 Å². The van der Waals surface area contributed by atoms with Crippen LogP contribution in [0.4, 0.5) is 0 Å². The lowest BCUT2D eigenvalue weighted by molar-refractivity contribution is -0.148. The third-order valence-corrected chi connectivity index (χ3v) is 12.2. The smallest absolute Gasteiger partial charge is 0.245 e. The zero-order valence-corrected chi connectivity index (χ0v) is 36.1. The highest BCUT2D eigenvalue weighted by atomic mass is 32.1. The predicted molar refractivity (Wildman–Crippen MR) is 218 cm³/mol. The van der Waals surface area contributed by atoms with Crippen LogP contribution < -0.4 is 10.6 Å². The molecule has 0 unspecified atom stereocenters. The Morgan fingerprint density at radius 3 is 2.15 bits per heavy atom. The normalized spacial score (nSPS) is 19.0. The fraction of sp³-hybridized carbons (Fsp3) is 0.690. The lowest BCUT2D eigenvalue weighted by atomic mass is 9.89. The molecule has 1 aromatic heterocycles. The van der Waals surface area contributed by atoms with Crippen molar-refractivity contribution in [2.75, 3.05) is 41.9 Å². The summed E-state index contributed by atoms with van der Waals surface area (Å²) in [4.78, 5) is 65.8. The van der Waals surface area contributed by atoms with Crippen molar-refractivity contribution in [2.24, 2.45) is 23.7 Å². The zero-order valence-electron chi connectivity index (χ0n) is 35.3. The van der Waals surface area contributed by atoms with Crippen LogP contribution >= 0.6 is 11.3 Å². The molecule has 1 aromatic carbocycles. The van der Waals surface area contributed by atoms with Crippen molar-refractivity contribution in [1.29, 1.82) is 0 Å². The highest BCUT2D eigenvalue weighted by molar-refractivity contribution is 7.09. The van der Waals surface area contributed by atoms with Crippen LogP contribution in [0.25, 0.3) is 0 Å². The van der Waals surface area contributed by atoms with Crippen LogP contribution in [0.2, 0.25) is 0 Å². The second-order valence-corrected chi connectivity index (χ2v) is 17.0. The Morgan fingerprint density at radius 1 is 0.945 bits per heavy atom. The van der Waals surface area contributed by atoms with Crippen molar-refractivity contribution < 1.29 is 28.7 Å². The van der Waals surface area contributed by atoms with E-state index in [1.54, 1.807) is 32.4 Å². The van der Waals surface area contributed by atoms with Gasteiger partial charge in [0.25, 0.3) is 0 Å². The van der Waals surface area contributed by atoms with E-state index in [1.807, 2.05) is 94.2 Å². The Hall–Kier alpha value is -3.39. The minimum Gasteiger partial charge on any atom is -0.379 e. The van der Waals surface area contributed by atoms with Crippen molar-refractivity contribution in [3.63, 3.8) is 0 Å². The molecule has 1 fully saturated rings. The first-order valence-electron chi connectivity index (χ1n) is 19.9. The largest absolute Gasteiger partial charge is 0.379 e. The summed E-state index contributed by atoms with van der Waals surface area (Å²) in [6.07, 6.45) is 3.49. The van der Waals surface area contributed by atoms with Crippen molar-refractivity contribution in [2.45, 2.75) is 123 Å². The molecule has 2 heterocycles. The molecule has 3 rings (SSSR count). The number of rotatable bonds is 21. The molecule has 308 valence electrons. The molecule has 2 N–H and O–H groups in total. The van der Waals surface area contributed by atoms with Gasteiger partial charge < -0.3 is 29.9 Å². The molecule has 4 amide bonds. The molecule has 0 saturated carbocycles. The SMILES string of the molecule is CC[C@H](C)[C@H]([C@H](CC(=O)N1CCC[C@H]1[C@H](OC)[C@H](C)C(=O)N[C@@H](Cc1ccccc1)c1nccs1)OC)N(C)C(=O)[C@@H](NC(=O)[C@H](C(C)C)N(C)C)C(C)C. The highest BCUT2D eigenvalue weighted by Gasteiger charge is 2.43. The van der Waals surface area contributed by atoms with Crippen molar-refractivity contribution >= 4 is 35.0 Å². The number of hydrogen-bond acceptors (Lipinski definition) is 9. The maximum absolute atomic E-state index is 14.3. The number of hydrogen-bond donors (Lipinski definition) is 2. The van der Waals surface area contributed by atoms with Gasteiger partial charge in [0, 0.05) is 39.4 Å². The van der Waals surface area contributed by atoms with E-state index in [4.69, 9.17) is 9.47 Å². The van der Waals surface area contributed by atoms with E-state index in [1.165, 1.54) is 11.3 Å². The summed E-state index contributed by atoms with van der Waals surface area (Å²) in [5, 5.41) is 9.02. The van der Waals surface area contributed by atoms with Crippen LogP contribution in [0.5, 0.6) is 0 Å². The third kappa shape index (κ3) is 12.1. The van der Waals surface area contributed by atoms with Crippen LogP contribution in [0, 0.1) is 23.7 Å². The van der Waals surface area contributed by atoms with Gasteiger partial charge in [-0.15, -0.1) is 11.3 Å². The van der Waals surface area contributed by atoms with E-state index >= 15 is 0 Å². The molecule has 1 saturated heterocycles. The van der Waals surface area contributed by atoms with E-state index < -0.39 is 30.2 Å². The molecule has 2 aromatic rings. The van der Waals surface area contributed by atoms with E-state index in [0.717, 1.165) is 23.4 Å². The lowest BCUT2D eigenvalue weighted by Crippen LogP contribution is -2.59. The van der Waals surface area contributed by atoms with E-state index in [0.29, 0.717) is 19.4 Å². The van der Waals surface area contributed by atoms with Crippen molar-refractivity contribution in [1.82, 2.24) is 30.3 Å².